The summed E-state index contributed by atoms with van der Waals surface area (Å²) in [4.78, 5) is 0. The fourth-order valence-electron chi connectivity index (χ4n) is 1.89. The van der Waals surface area contributed by atoms with Crippen LogP contribution in [0.3, 0.4) is 0 Å². The maximum absolute atomic E-state index is 10.2. The van der Waals surface area contributed by atoms with E-state index in [1.54, 1.807) is 0 Å². The molecule has 17 heavy (non-hydrogen) atoms. The summed E-state index contributed by atoms with van der Waals surface area (Å²) >= 11 is 0. The van der Waals surface area contributed by atoms with Crippen LogP contribution in [0.1, 0.15) is 26.7 Å². The average molecular weight is 247 g/mol. The number of hydrogen-bond donors (Lipinski definition) is 2. The van der Waals surface area contributed by atoms with Gasteiger partial charge in [0.2, 0.25) is 0 Å². The molecule has 5 nitrogen and oxygen atoms in total. The lowest BCUT2D eigenvalue weighted by molar-refractivity contribution is -0.135. The summed E-state index contributed by atoms with van der Waals surface area (Å²) in [5, 5.41) is 13.4. The van der Waals surface area contributed by atoms with Gasteiger partial charge >= 0.3 is 0 Å². The van der Waals surface area contributed by atoms with Crippen molar-refractivity contribution in [1.29, 1.82) is 0 Å². The quantitative estimate of drug-likeness (QED) is 0.612. The topological polar surface area (TPSA) is 60.0 Å². The zero-order valence-electron chi connectivity index (χ0n) is 10.9. The lowest BCUT2D eigenvalue weighted by atomic mass is 9.94. The summed E-state index contributed by atoms with van der Waals surface area (Å²) in [7, 11) is 0. The number of aliphatic hydroxyl groups is 1. The highest BCUT2D eigenvalue weighted by atomic mass is 16.7. The highest BCUT2D eigenvalue weighted by Crippen LogP contribution is 2.19. The van der Waals surface area contributed by atoms with Gasteiger partial charge in [-0.15, -0.1) is 0 Å². The smallest absolute Gasteiger partial charge is 0.169 e. The third-order valence-electron chi connectivity index (χ3n) is 2.89. The van der Waals surface area contributed by atoms with Gasteiger partial charge in [0.05, 0.1) is 5.60 Å². The summed E-state index contributed by atoms with van der Waals surface area (Å²) in [5.74, 6) is 0. The Morgan fingerprint density at radius 1 is 1.24 bits per heavy atom. The molecule has 0 aromatic carbocycles. The van der Waals surface area contributed by atoms with Gasteiger partial charge in [0.25, 0.3) is 0 Å². The largest absolute Gasteiger partial charge is 0.388 e. The number of rotatable bonds is 8. The summed E-state index contributed by atoms with van der Waals surface area (Å²) < 4.78 is 16.1. The van der Waals surface area contributed by atoms with Crippen LogP contribution in [-0.2, 0) is 14.2 Å². The maximum atomic E-state index is 10.2. The third-order valence-corrected chi connectivity index (χ3v) is 2.89. The first-order valence-corrected chi connectivity index (χ1v) is 6.44. The minimum atomic E-state index is -0.638. The first-order chi connectivity index (χ1) is 8.20. The van der Waals surface area contributed by atoms with E-state index < -0.39 is 5.60 Å². The molecule has 0 unspecified atom stereocenters. The second kappa shape index (κ2) is 8.00. The molecule has 2 N–H and O–H groups in total. The first kappa shape index (κ1) is 14.9. The predicted molar refractivity (Wildman–Crippen MR) is 64.9 cm³/mol. The molecule has 1 rings (SSSR count). The lowest BCUT2D eigenvalue weighted by Gasteiger charge is -2.32. The van der Waals surface area contributed by atoms with Crippen molar-refractivity contribution >= 4 is 0 Å². The SMILES string of the molecule is CCOC(CNCC1(O)CCOCC1)OCC. The molecule has 0 aromatic heterocycles. The van der Waals surface area contributed by atoms with E-state index in [9.17, 15) is 5.11 Å². The molecule has 102 valence electrons. The average Bonchev–Trinajstić information content (AvgIpc) is 2.30. The molecule has 0 aliphatic carbocycles. The molecule has 1 saturated heterocycles. The highest BCUT2D eigenvalue weighted by Gasteiger charge is 2.29. The minimum absolute atomic E-state index is 0.228. The Morgan fingerprint density at radius 3 is 2.35 bits per heavy atom. The molecular weight excluding hydrogens is 222 g/mol. The number of hydrogen-bond acceptors (Lipinski definition) is 5. The van der Waals surface area contributed by atoms with Crippen LogP contribution in [0.2, 0.25) is 0 Å². The van der Waals surface area contributed by atoms with Gasteiger partial charge in [-0.1, -0.05) is 0 Å². The van der Waals surface area contributed by atoms with E-state index in [1.165, 1.54) is 0 Å². The Kier molecular flexibility index (Phi) is 6.99. The summed E-state index contributed by atoms with van der Waals surface area (Å²) in [5.41, 5.74) is -0.638. The van der Waals surface area contributed by atoms with Crippen LogP contribution in [-0.4, -0.2) is 56.5 Å². The summed E-state index contributed by atoms with van der Waals surface area (Å²) in [6.07, 6.45) is 1.15. The molecule has 0 atom stereocenters. The van der Waals surface area contributed by atoms with Crippen molar-refractivity contribution in [2.45, 2.75) is 38.6 Å². The van der Waals surface area contributed by atoms with Gasteiger partial charge in [-0.05, 0) is 13.8 Å². The van der Waals surface area contributed by atoms with E-state index >= 15 is 0 Å². The van der Waals surface area contributed by atoms with Crippen LogP contribution in [0.5, 0.6) is 0 Å². The second-order valence-corrected chi connectivity index (χ2v) is 4.31. The van der Waals surface area contributed by atoms with E-state index in [0.717, 1.165) is 0 Å². The Labute approximate surface area is 103 Å². The second-order valence-electron chi connectivity index (χ2n) is 4.31. The van der Waals surface area contributed by atoms with E-state index in [1.807, 2.05) is 13.8 Å². The van der Waals surface area contributed by atoms with Gasteiger partial charge in [-0.25, -0.2) is 0 Å². The molecule has 1 aliphatic heterocycles. The molecule has 0 saturated carbocycles. The molecule has 1 heterocycles. The zero-order valence-corrected chi connectivity index (χ0v) is 10.9. The van der Waals surface area contributed by atoms with Crippen LogP contribution in [0.25, 0.3) is 0 Å². The van der Waals surface area contributed by atoms with Crippen molar-refractivity contribution in [3.05, 3.63) is 0 Å². The van der Waals surface area contributed by atoms with Crippen molar-refractivity contribution in [2.75, 3.05) is 39.5 Å². The summed E-state index contributed by atoms with van der Waals surface area (Å²) in [6, 6.07) is 0. The molecule has 0 aromatic rings. The van der Waals surface area contributed by atoms with Crippen molar-refractivity contribution < 1.29 is 19.3 Å². The molecule has 0 radical (unpaired) electrons. The van der Waals surface area contributed by atoms with Gasteiger partial charge < -0.3 is 24.6 Å². The maximum Gasteiger partial charge on any atom is 0.169 e. The Morgan fingerprint density at radius 2 is 1.82 bits per heavy atom. The van der Waals surface area contributed by atoms with E-state index in [2.05, 4.69) is 5.32 Å². The molecule has 1 aliphatic rings. The number of ether oxygens (including phenoxy) is 3. The van der Waals surface area contributed by atoms with Gasteiger partial charge in [-0.2, -0.15) is 0 Å². The van der Waals surface area contributed by atoms with Crippen LogP contribution in [0.4, 0.5) is 0 Å². The first-order valence-electron chi connectivity index (χ1n) is 6.44. The molecule has 0 amide bonds. The normalized spacial score (nSPS) is 19.8. The van der Waals surface area contributed by atoms with Gasteiger partial charge in [0.1, 0.15) is 0 Å². The molecule has 0 spiro atoms. The Hall–Kier alpha value is -0.200. The van der Waals surface area contributed by atoms with Crippen molar-refractivity contribution in [1.82, 2.24) is 5.32 Å². The highest BCUT2D eigenvalue weighted by molar-refractivity contribution is 4.83. The van der Waals surface area contributed by atoms with Crippen molar-refractivity contribution in [2.24, 2.45) is 0 Å². The summed E-state index contributed by atoms with van der Waals surface area (Å²) in [6.45, 7) is 7.58. The van der Waals surface area contributed by atoms with Gasteiger partial charge in [0.15, 0.2) is 6.29 Å². The molecule has 5 heteroatoms. The predicted octanol–water partition coefficient (Wildman–Crippen LogP) is 0.517. The lowest BCUT2D eigenvalue weighted by Crippen LogP contribution is -2.47. The standard InChI is InChI=1S/C12H25NO4/c1-3-16-11(17-4-2)9-13-10-12(14)5-7-15-8-6-12/h11,13-14H,3-10H2,1-2H3. The Bertz CT molecular complexity index is 189. The van der Waals surface area contributed by atoms with Crippen LogP contribution in [0.15, 0.2) is 0 Å². The molecule has 0 bridgehead atoms. The molecule has 1 fully saturated rings. The van der Waals surface area contributed by atoms with Crippen LogP contribution in [0, 0.1) is 0 Å². The van der Waals surface area contributed by atoms with Crippen LogP contribution < -0.4 is 5.32 Å². The fraction of sp³-hybridized carbons (Fsp3) is 1.00. The van der Waals surface area contributed by atoms with Crippen LogP contribution >= 0.6 is 0 Å². The monoisotopic (exact) mass is 247 g/mol. The Balaban J connectivity index is 2.19. The van der Waals surface area contributed by atoms with E-state index in [4.69, 9.17) is 14.2 Å². The molecular formula is C12H25NO4. The fourth-order valence-corrected chi connectivity index (χ4v) is 1.89. The third kappa shape index (κ3) is 5.79. The van der Waals surface area contributed by atoms with Gasteiger partial charge in [0, 0.05) is 52.4 Å². The van der Waals surface area contributed by atoms with Crippen molar-refractivity contribution in [3.8, 4) is 0 Å². The number of nitrogens with one attached hydrogen (secondary N) is 1. The van der Waals surface area contributed by atoms with E-state index in [0.29, 0.717) is 52.4 Å². The van der Waals surface area contributed by atoms with E-state index in [-0.39, 0.29) is 6.29 Å². The minimum Gasteiger partial charge on any atom is -0.388 e. The van der Waals surface area contributed by atoms with Gasteiger partial charge in [-0.3, -0.25) is 0 Å². The van der Waals surface area contributed by atoms with Crippen molar-refractivity contribution in [3.63, 3.8) is 0 Å². The zero-order chi connectivity index (χ0) is 12.6.